The number of benzene rings is 2. The van der Waals surface area contributed by atoms with Gasteiger partial charge in [0, 0.05) is 19.0 Å². The summed E-state index contributed by atoms with van der Waals surface area (Å²) in [6.45, 7) is 9.68. The zero-order valence-corrected chi connectivity index (χ0v) is 14.7. The summed E-state index contributed by atoms with van der Waals surface area (Å²) in [5, 5.41) is 1.19. The maximum absolute atomic E-state index is 6.23. The third kappa shape index (κ3) is 3.12. The van der Waals surface area contributed by atoms with E-state index in [0.717, 1.165) is 18.0 Å². The van der Waals surface area contributed by atoms with Crippen LogP contribution in [0.5, 0.6) is 0 Å². The molecule has 0 spiro atoms. The molecule has 0 N–H and O–H groups in total. The van der Waals surface area contributed by atoms with Gasteiger partial charge in [0.15, 0.2) is 0 Å². The summed E-state index contributed by atoms with van der Waals surface area (Å²) in [6.07, 6.45) is 0. The second kappa shape index (κ2) is 6.11. The average Bonchev–Trinajstić information content (AvgIpc) is 2.86. The fourth-order valence-corrected chi connectivity index (χ4v) is 3.10. The van der Waals surface area contributed by atoms with Crippen LogP contribution in [0, 0.1) is 19.8 Å². The molecule has 23 heavy (non-hydrogen) atoms. The third-order valence-electron chi connectivity index (χ3n) is 4.15. The van der Waals surface area contributed by atoms with Gasteiger partial charge in [-0.1, -0.05) is 55.3 Å². The molecule has 0 aliphatic rings. The van der Waals surface area contributed by atoms with Crippen LogP contribution in [0.3, 0.4) is 0 Å². The van der Waals surface area contributed by atoms with Crippen molar-refractivity contribution in [3.63, 3.8) is 0 Å². The molecular weight excluding hydrogens is 282 g/mol. The van der Waals surface area contributed by atoms with Gasteiger partial charge in [-0.3, -0.25) is 0 Å². The van der Waals surface area contributed by atoms with Crippen LogP contribution in [0.2, 0.25) is 0 Å². The van der Waals surface area contributed by atoms with Gasteiger partial charge in [-0.05, 0) is 37.5 Å². The van der Waals surface area contributed by atoms with E-state index in [4.69, 9.17) is 4.42 Å². The lowest BCUT2D eigenvalue weighted by atomic mass is 10.0. The van der Waals surface area contributed by atoms with Gasteiger partial charge in [0.1, 0.15) is 5.58 Å². The fraction of sp³-hybridized carbons (Fsp3) is 0.333. The molecule has 0 aliphatic heterocycles. The molecule has 120 valence electrons. The number of fused-ring (bicyclic) bond motifs is 1. The lowest BCUT2D eigenvalue weighted by Gasteiger charge is -2.20. The van der Waals surface area contributed by atoms with E-state index >= 15 is 0 Å². The Bertz CT molecular complexity index is 812. The Labute approximate surface area is 138 Å². The van der Waals surface area contributed by atoms with Gasteiger partial charge >= 0.3 is 0 Å². The highest BCUT2D eigenvalue weighted by Crippen LogP contribution is 2.40. The lowest BCUT2D eigenvalue weighted by molar-refractivity contribution is 0.562. The second-order valence-electron chi connectivity index (χ2n) is 6.92. The highest BCUT2D eigenvalue weighted by atomic mass is 16.4. The summed E-state index contributed by atoms with van der Waals surface area (Å²) in [7, 11) is 2.11. The smallest absolute Gasteiger partial charge is 0.204 e. The SMILES string of the molecule is Cc1ccc(-c2c(N(C)CC(C)C)oc3ccc(C)cc23)cc1. The van der Waals surface area contributed by atoms with E-state index in [2.05, 4.69) is 82.1 Å². The third-order valence-corrected chi connectivity index (χ3v) is 4.15. The van der Waals surface area contributed by atoms with Crippen molar-refractivity contribution in [2.75, 3.05) is 18.5 Å². The van der Waals surface area contributed by atoms with Crippen LogP contribution in [0.1, 0.15) is 25.0 Å². The standard InChI is InChI=1S/C21H25NO/c1-14(2)13-22(5)21-20(17-9-6-15(3)7-10-17)18-12-16(4)8-11-19(18)23-21/h6-12,14H,13H2,1-5H3. The maximum atomic E-state index is 6.23. The van der Waals surface area contributed by atoms with Crippen LogP contribution in [0.4, 0.5) is 5.88 Å². The topological polar surface area (TPSA) is 16.4 Å². The average molecular weight is 307 g/mol. The van der Waals surface area contributed by atoms with Crippen LogP contribution in [-0.2, 0) is 0 Å². The molecule has 0 saturated carbocycles. The van der Waals surface area contributed by atoms with Gasteiger partial charge in [0.2, 0.25) is 5.88 Å². The van der Waals surface area contributed by atoms with Gasteiger partial charge in [0.05, 0.1) is 5.56 Å². The number of hydrogen-bond donors (Lipinski definition) is 0. The highest BCUT2D eigenvalue weighted by Gasteiger charge is 2.19. The molecule has 3 aromatic rings. The van der Waals surface area contributed by atoms with E-state index in [-0.39, 0.29) is 0 Å². The summed E-state index contributed by atoms with van der Waals surface area (Å²) < 4.78 is 6.23. The molecule has 0 amide bonds. The van der Waals surface area contributed by atoms with Crippen LogP contribution in [0.15, 0.2) is 46.9 Å². The van der Waals surface area contributed by atoms with Crippen molar-refractivity contribution >= 4 is 16.9 Å². The van der Waals surface area contributed by atoms with Crippen LogP contribution in [0.25, 0.3) is 22.1 Å². The van der Waals surface area contributed by atoms with Crippen LogP contribution < -0.4 is 4.90 Å². The fourth-order valence-electron chi connectivity index (χ4n) is 3.10. The minimum Gasteiger partial charge on any atom is -0.440 e. The zero-order chi connectivity index (χ0) is 16.6. The molecule has 0 radical (unpaired) electrons. The quantitative estimate of drug-likeness (QED) is 0.605. The minimum atomic E-state index is 0.584. The Balaban J connectivity index is 2.22. The van der Waals surface area contributed by atoms with Gasteiger partial charge < -0.3 is 9.32 Å². The number of nitrogens with zero attached hydrogens (tertiary/aromatic N) is 1. The monoisotopic (exact) mass is 307 g/mol. The Morgan fingerprint density at radius 1 is 0.957 bits per heavy atom. The summed E-state index contributed by atoms with van der Waals surface area (Å²) in [4.78, 5) is 2.23. The minimum absolute atomic E-state index is 0.584. The van der Waals surface area contributed by atoms with Crippen molar-refractivity contribution in [2.24, 2.45) is 5.92 Å². The number of aryl methyl sites for hydroxylation is 2. The molecule has 0 unspecified atom stereocenters. The predicted octanol–water partition coefficient (Wildman–Crippen LogP) is 5.81. The van der Waals surface area contributed by atoms with Crippen molar-refractivity contribution in [2.45, 2.75) is 27.7 Å². The summed E-state index contributed by atoms with van der Waals surface area (Å²) in [5.41, 5.74) is 5.90. The van der Waals surface area contributed by atoms with E-state index in [9.17, 15) is 0 Å². The van der Waals surface area contributed by atoms with Gasteiger partial charge in [-0.15, -0.1) is 0 Å². The van der Waals surface area contributed by atoms with Crippen molar-refractivity contribution in [3.05, 3.63) is 53.6 Å². The number of hydrogen-bond acceptors (Lipinski definition) is 2. The molecule has 0 aliphatic carbocycles. The molecule has 1 aromatic heterocycles. The second-order valence-corrected chi connectivity index (χ2v) is 6.92. The van der Waals surface area contributed by atoms with Crippen molar-refractivity contribution in [1.82, 2.24) is 0 Å². The molecule has 0 saturated heterocycles. The van der Waals surface area contributed by atoms with E-state index in [1.807, 2.05) is 0 Å². The van der Waals surface area contributed by atoms with Crippen molar-refractivity contribution < 1.29 is 4.42 Å². The summed E-state index contributed by atoms with van der Waals surface area (Å²) >= 11 is 0. The zero-order valence-electron chi connectivity index (χ0n) is 14.7. The molecule has 2 aromatic carbocycles. The summed E-state index contributed by atoms with van der Waals surface area (Å²) in [5.74, 6) is 1.55. The Morgan fingerprint density at radius 3 is 2.26 bits per heavy atom. The normalized spacial score (nSPS) is 11.4. The Morgan fingerprint density at radius 2 is 1.61 bits per heavy atom. The maximum Gasteiger partial charge on any atom is 0.204 e. The Hall–Kier alpha value is -2.22. The summed E-state index contributed by atoms with van der Waals surface area (Å²) in [6, 6.07) is 15.1. The molecule has 3 rings (SSSR count). The number of furan rings is 1. The van der Waals surface area contributed by atoms with Gasteiger partial charge in [-0.2, -0.15) is 0 Å². The first-order chi connectivity index (χ1) is 11.0. The molecule has 0 bridgehead atoms. The Kier molecular flexibility index (Phi) is 4.16. The van der Waals surface area contributed by atoms with Crippen molar-refractivity contribution in [3.8, 4) is 11.1 Å². The molecular formula is C21H25NO. The van der Waals surface area contributed by atoms with Crippen LogP contribution in [-0.4, -0.2) is 13.6 Å². The first kappa shape index (κ1) is 15.7. The van der Waals surface area contributed by atoms with Gasteiger partial charge in [0.25, 0.3) is 0 Å². The van der Waals surface area contributed by atoms with E-state index in [0.29, 0.717) is 5.92 Å². The van der Waals surface area contributed by atoms with E-state index in [1.165, 1.54) is 27.6 Å². The molecule has 2 heteroatoms. The first-order valence-corrected chi connectivity index (χ1v) is 8.27. The van der Waals surface area contributed by atoms with Gasteiger partial charge in [-0.25, -0.2) is 0 Å². The first-order valence-electron chi connectivity index (χ1n) is 8.27. The van der Waals surface area contributed by atoms with E-state index in [1.54, 1.807) is 0 Å². The lowest BCUT2D eigenvalue weighted by Crippen LogP contribution is -2.22. The number of rotatable bonds is 4. The molecule has 1 heterocycles. The number of anilines is 1. The molecule has 0 atom stereocenters. The molecule has 0 fully saturated rings. The van der Waals surface area contributed by atoms with Crippen LogP contribution >= 0.6 is 0 Å². The predicted molar refractivity (Wildman–Crippen MR) is 99.2 cm³/mol. The largest absolute Gasteiger partial charge is 0.440 e. The van der Waals surface area contributed by atoms with Crippen molar-refractivity contribution in [1.29, 1.82) is 0 Å². The van der Waals surface area contributed by atoms with E-state index < -0.39 is 0 Å². The molecule has 2 nitrogen and oxygen atoms in total. The highest BCUT2D eigenvalue weighted by molar-refractivity contribution is 6.00.